The lowest BCUT2D eigenvalue weighted by atomic mass is 10.1. The molecule has 0 N–H and O–H groups in total. The zero-order chi connectivity index (χ0) is 18.7. The number of piperazine rings is 1. The zero-order valence-electron chi connectivity index (χ0n) is 15.3. The molecule has 1 heterocycles. The first-order valence-corrected chi connectivity index (χ1v) is 8.95. The van der Waals surface area contributed by atoms with Crippen LogP contribution in [0.1, 0.15) is 15.9 Å². The number of carbonyl (C=O) groups is 1. The fourth-order valence-corrected chi connectivity index (χ4v) is 3.48. The summed E-state index contributed by atoms with van der Waals surface area (Å²) in [5, 5.41) is 0.764. The second-order valence-corrected chi connectivity index (χ2v) is 6.61. The van der Waals surface area contributed by atoms with Crippen molar-refractivity contribution < 1.29 is 14.3 Å². The summed E-state index contributed by atoms with van der Waals surface area (Å²) < 4.78 is 10.7. The number of amides is 1. The molecule has 0 aliphatic carbocycles. The molecule has 2 aromatic carbocycles. The maximum absolute atomic E-state index is 13.0. The third kappa shape index (κ3) is 3.44. The van der Waals surface area contributed by atoms with Crippen molar-refractivity contribution in [3.8, 4) is 11.5 Å². The van der Waals surface area contributed by atoms with Crippen LogP contribution in [0.2, 0.25) is 5.02 Å². The minimum absolute atomic E-state index is 0.0678. The van der Waals surface area contributed by atoms with Crippen LogP contribution < -0.4 is 14.4 Å². The van der Waals surface area contributed by atoms with Crippen LogP contribution in [0.15, 0.2) is 36.4 Å². The number of methoxy groups -OCH3 is 2. The number of hydrogen-bond donors (Lipinski definition) is 0. The van der Waals surface area contributed by atoms with Gasteiger partial charge in [-0.2, -0.15) is 0 Å². The summed E-state index contributed by atoms with van der Waals surface area (Å²) in [7, 11) is 3.12. The molecule has 1 saturated heterocycles. The topological polar surface area (TPSA) is 42.0 Å². The van der Waals surface area contributed by atoms with Gasteiger partial charge in [0.1, 0.15) is 17.1 Å². The van der Waals surface area contributed by atoms with Crippen LogP contribution in [0.3, 0.4) is 0 Å². The van der Waals surface area contributed by atoms with Crippen molar-refractivity contribution in [3.63, 3.8) is 0 Å². The molecular formula is C20H23ClN2O3. The average Bonchev–Trinajstić information content (AvgIpc) is 2.69. The smallest absolute Gasteiger partial charge is 0.261 e. The molecule has 0 aromatic heterocycles. The fraction of sp³-hybridized carbons (Fsp3) is 0.350. The van der Waals surface area contributed by atoms with Gasteiger partial charge in [0, 0.05) is 36.9 Å². The minimum Gasteiger partial charge on any atom is -0.496 e. The SMILES string of the molecule is COc1cccc(OC)c1C(=O)N1CCN(c2cccc(Cl)c2C)CC1. The van der Waals surface area contributed by atoms with Gasteiger partial charge in [0.05, 0.1) is 14.2 Å². The minimum atomic E-state index is -0.0678. The summed E-state index contributed by atoms with van der Waals surface area (Å²) in [4.78, 5) is 17.2. The van der Waals surface area contributed by atoms with Gasteiger partial charge in [0.15, 0.2) is 0 Å². The molecule has 1 aliphatic rings. The predicted molar refractivity (Wildman–Crippen MR) is 104 cm³/mol. The van der Waals surface area contributed by atoms with Crippen molar-refractivity contribution in [2.24, 2.45) is 0 Å². The Morgan fingerprint density at radius 1 is 0.962 bits per heavy atom. The van der Waals surface area contributed by atoms with E-state index in [0.29, 0.717) is 30.2 Å². The largest absolute Gasteiger partial charge is 0.496 e. The summed E-state index contributed by atoms with van der Waals surface area (Å²) in [5.41, 5.74) is 2.67. The predicted octanol–water partition coefficient (Wildman–Crippen LogP) is 3.63. The highest BCUT2D eigenvalue weighted by Gasteiger charge is 2.27. The van der Waals surface area contributed by atoms with Gasteiger partial charge in [-0.3, -0.25) is 4.79 Å². The Bertz CT molecular complexity index is 779. The fourth-order valence-electron chi connectivity index (χ4n) is 3.31. The number of nitrogens with zero attached hydrogens (tertiary/aromatic N) is 2. The van der Waals surface area contributed by atoms with E-state index in [4.69, 9.17) is 21.1 Å². The summed E-state index contributed by atoms with van der Waals surface area (Å²) in [6.07, 6.45) is 0. The van der Waals surface area contributed by atoms with Crippen LogP contribution in [0.4, 0.5) is 5.69 Å². The Labute approximate surface area is 159 Å². The van der Waals surface area contributed by atoms with E-state index in [9.17, 15) is 4.79 Å². The van der Waals surface area contributed by atoms with E-state index in [1.165, 1.54) is 0 Å². The second-order valence-electron chi connectivity index (χ2n) is 6.20. The van der Waals surface area contributed by atoms with Crippen molar-refractivity contribution in [2.75, 3.05) is 45.3 Å². The number of benzene rings is 2. The standard InChI is InChI=1S/C20H23ClN2O3/c1-14-15(21)6-4-7-16(14)22-10-12-23(13-11-22)20(24)19-17(25-2)8-5-9-18(19)26-3/h4-9H,10-13H2,1-3H3. The van der Waals surface area contributed by atoms with Crippen LogP contribution in [0.25, 0.3) is 0 Å². The summed E-state index contributed by atoms with van der Waals surface area (Å²) in [6, 6.07) is 11.3. The van der Waals surface area contributed by atoms with Gasteiger partial charge in [0.2, 0.25) is 0 Å². The lowest BCUT2D eigenvalue weighted by Crippen LogP contribution is -2.49. The van der Waals surface area contributed by atoms with Crippen molar-refractivity contribution in [1.82, 2.24) is 4.90 Å². The monoisotopic (exact) mass is 374 g/mol. The zero-order valence-corrected chi connectivity index (χ0v) is 16.0. The highest BCUT2D eigenvalue weighted by molar-refractivity contribution is 6.31. The number of anilines is 1. The number of ether oxygens (including phenoxy) is 2. The van der Waals surface area contributed by atoms with Gasteiger partial charge in [0.25, 0.3) is 5.91 Å². The maximum atomic E-state index is 13.0. The summed E-state index contributed by atoms with van der Waals surface area (Å²) >= 11 is 6.24. The van der Waals surface area contributed by atoms with Crippen LogP contribution in [-0.2, 0) is 0 Å². The van der Waals surface area contributed by atoms with Gasteiger partial charge < -0.3 is 19.3 Å². The van der Waals surface area contributed by atoms with Gasteiger partial charge in [-0.1, -0.05) is 23.7 Å². The molecule has 138 valence electrons. The molecule has 1 amide bonds. The third-order valence-electron chi connectivity index (χ3n) is 4.79. The molecule has 0 radical (unpaired) electrons. The highest BCUT2D eigenvalue weighted by Crippen LogP contribution is 2.31. The van der Waals surface area contributed by atoms with Crippen LogP contribution in [0.5, 0.6) is 11.5 Å². The Balaban J connectivity index is 1.76. The lowest BCUT2D eigenvalue weighted by molar-refractivity contribution is 0.0740. The number of carbonyl (C=O) groups excluding carboxylic acids is 1. The quantitative estimate of drug-likeness (QED) is 0.819. The van der Waals surface area contributed by atoms with Gasteiger partial charge in [-0.15, -0.1) is 0 Å². The van der Waals surface area contributed by atoms with Gasteiger partial charge in [-0.25, -0.2) is 0 Å². The van der Waals surface area contributed by atoms with E-state index in [1.54, 1.807) is 26.4 Å². The first-order chi connectivity index (χ1) is 12.6. The van der Waals surface area contributed by atoms with Crippen molar-refractivity contribution in [3.05, 3.63) is 52.5 Å². The Kier molecular flexibility index (Phi) is 5.57. The first-order valence-electron chi connectivity index (χ1n) is 8.57. The maximum Gasteiger partial charge on any atom is 0.261 e. The molecule has 26 heavy (non-hydrogen) atoms. The third-order valence-corrected chi connectivity index (χ3v) is 5.20. The molecule has 0 saturated carbocycles. The first kappa shape index (κ1) is 18.4. The van der Waals surface area contributed by atoms with E-state index in [1.807, 2.05) is 30.0 Å². The van der Waals surface area contributed by atoms with E-state index in [-0.39, 0.29) is 5.91 Å². The van der Waals surface area contributed by atoms with Gasteiger partial charge >= 0.3 is 0 Å². The van der Waals surface area contributed by atoms with E-state index in [2.05, 4.69) is 11.0 Å². The van der Waals surface area contributed by atoms with Crippen LogP contribution >= 0.6 is 11.6 Å². The van der Waals surface area contributed by atoms with E-state index >= 15 is 0 Å². The lowest BCUT2D eigenvalue weighted by Gasteiger charge is -2.37. The molecule has 1 fully saturated rings. The number of rotatable bonds is 4. The van der Waals surface area contributed by atoms with Crippen molar-refractivity contribution >= 4 is 23.2 Å². The molecular weight excluding hydrogens is 352 g/mol. The normalized spacial score (nSPS) is 14.3. The van der Waals surface area contributed by atoms with Crippen LogP contribution in [0, 0.1) is 6.92 Å². The number of halogens is 1. The summed E-state index contributed by atoms with van der Waals surface area (Å²) in [5.74, 6) is 0.992. The van der Waals surface area contributed by atoms with E-state index < -0.39 is 0 Å². The Morgan fingerprint density at radius 3 is 2.12 bits per heavy atom. The second kappa shape index (κ2) is 7.87. The Morgan fingerprint density at radius 2 is 1.54 bits per heavy atom. The van der Waals surface area contributed by atoms with Gasteiger partial charge in [-0.05, 0) is 36.8 Å². The highest BCUT2D eigenvalue weighted by atomic mass is 35.5. The molecule has 0 bridgehead atoms. The van der Waals surface area contributed by atoms with E-state index in [0.717, 1.165) is 29.4 Å². The molecule has 0 atom stereocenters. The molecule has 0 spiro atoms. The summed E-state index contributed by atoms with van der Waals surface area (Å²) in [6.45, 7) is 4.79. The molecule has 0 unspecified atom stereocenters. The Hall–Kier alpha value is -2.40. The molecule has 3 rings (SSSR count). The van der Waals surface area contributed by atoms with Crippen LogP contribution in [-0.4, -0.2) is 51.2 Å². The molecule has 2 aromatic rings. The molecule has 6 heteroatoms. The molecule has 1 aliphatic heterocycles. The molecule has 5 nitrogen and oxygen atoms in total. The van der Waals surface area contributed by atoms with Crippen molar-refractivity contribution in [2.45, 2.75) is 6.92 Å². The van der Waals surface area contributed by atoms with Crippen molar-refractivity contribution in [1.29, 1.82) is 0 Å². The average molecular weight is 375 g/mol. The number of hydrogen-bond acceptors (Lipinski definition) is 4.